The molecule has 1 aliphatic heterocycles. The van der Waals surface area contributed by atoms with Gasteiger partial charge in [-0.1, -0.05) is 0 Å². The SMILES string of the molecule is CCn1cc(S(=O)(=O)N2CCC(N(C)C)CC2)c(N)n1. The number of piperidine rings is 1. The van der Waals surface area contributed by atoms with Crippen molar-refractivity contribution in [2.45, 2.75) is 37.2 Å². The largest absolute Gasteiger partial charge is 0.381 e. The molecular weight excluding hydrogens is 278 g/mol. The highest BCUT2D eigenvalue weighted by Crippen LogP contribution is 2.25. The number of anilines is 1. The number of aryl methyl sites for hydroxylation is 1. The predicted molar refractivity (Wildman–Crippen MR) is 77.8 cm³/mol. The molecule has 1 aliphatic rings. The van der Waals surface area contributed by atoms with E-state index in [9.17, 15) is 8.42 Å². The smallest absolute Gasteiger partial charge is 0.248 e. The quantitative estimate of drug-likeness (QED) is 0.859. The zero-order chi connectivity index (χ0) is 14.9. The third-order valence-corrected chi connectivity index (χ3v) is 5.77. The van der Waals surface area contributed by atoms with Crippen LogP contribution in [0.25, 0.3) is 0 Å². The second kappa shape index (κ2) is 5.71. The van der Waals surface area contributed by atoms with Crippen LogP contribution in [0.5, 0.6) is 0 Å². The highest BCUT2D eigenvalue weighted by molar-refractivity contribution is 7.89. The fraction of sp³-hybridized carbons (Fsp3) is 0.750. The van der Waals surface area contributed by atoms with Crippen molar-refractivity contribution in [3.63, 3.8) is 0 Å². The number of aromatic nitrogens is 2. The third kappa shape index (κ3) is 2.82. The van der Waals surface area contributed by atoms with Crippen LogP contribution >= 0.6 is 0 Å². The molecule has 1 fully saturated rings. The molecule has 114 valence electrons. The summed E-state index contributed by atoms with van der Waals surface area (Å²) in [6.07, 6.45) is 3.20. The molecule has 1 aromatic rings. The lowest BCUT2D eigenvalue weighted by Crippen LogP contribution is -2.44. The monoisotopic (exact) mass is 301 g/mol. The average Bonchev–Trinajstić information content (AvgIpc) is 2.81. The van der Waals surface area contributed by atoms with Crippen LogP contribution in [0.2, 0.25) is 0 Å². The topological polar surface area (TPSA) is 84.5 Å². The van der Waals surface area contributed by atoms with Crippen LogP contribution in [-0.2, 0) is 16.6 Å². The molecule has 1 saturated heterocycles. The summed E-state index contributed by atoms with van der Waals surface area (Å²) in [5.41, 5.74) is 5.74. The minimum Gasteiger partial charge on any atom is -0.381 e. The van der Waals surface area contributed by atoms with E-state index in [1.54, 1.807) is 4.68 Å². The molecule has 0 spiro atoms. The van der Waals surface area contributed by atoms with Gasteiger partial charge in [0.15, 0.2) is 5.82 Å². The van der Waals surface area contributed by atoms with Crippen LogP contribution in [0.15, 0.2) is 11.1 Å². The molecule has 0 saturated carbocycles. The van der Waals surface area contributed by atoms with E-state index >= 15 is 0 Å². The summed E-state index contributed by atoms with van der Waals surface area (Å²) in [4.78, 5) is 2.27. The molecule has 1 aromatic heterocycles. The van der Waals surface area contributed by atoms with Gasteiger partial charge in [-0.3, -0.25) is 4.68 Å². The summed E-state index contributed by atoms with van der Waals surface area (Å²) < 4.78 is 28.3. The lowest BCUT2D eigenvalue weighted by molar-refractivity contribution is 0.196. The molecular formula is C12H23N5O2S. The first-order valence-corrected chi connectivity index (χ1v) is 8.29. The molecule has 8 heteroatoms. The van der Waals surface area contributed by atoms with Crippen molar-refractivity contribution < 1.29 is 8.42 Å². The van der Waals surface area contributed by atoms with Crippen molar-refractivity contribution >= 4 is 15.8 Å². The summed E-state index contributed by atoms with van der Waals surface area (Å²) in [6, 6.07) is 0.442. The Hall–Kier alpha value is -1.12. The van der Waals surface area contributed by atoms with E-state index in [4.69, 9.17) is 5.73 Å². The molecule has 0 unspecified atom stereocenters. The van der Waals surface area contributed by atoms with Crippen LogP contribution in [0.3, 0.4) is 0 Å². The third-order valence-electron chi connectivity index (χ3n) is 3.85. The van der Waals surface area contributed by atoms with Gasteiger partial charge in [0.25, 0.3) is 0 Å². The standard InChI is InChI=1S/C12H23N5O2S/c1-4-16-9-11(12(13)14-16)20(18,19)17-7-5-10(6-8-17)15(2)3/h9-10H,4-8H2,1-3H3,(H2,13,14). The summed E-state index contributed by atoms with van der Waals surface area (Å²) in [5.74, 6) is 0.0848. The van der Waals surface area contributed by atoms with Crippen LogP contribution < -0.4 is 5.73 Å². The van der Waals surface area contributed by atoms with Crippen molar-refractivity contribution in [3.8, 4) is 0 Å². The van der Waals surface area contributed by atoms with Crippen LogP contribution in [-0.4, -0.2) is 60.6 Å². The lowest BCUT2D eigenvalue weighted by Gasteiger charge is -2.34. The number of rotatable bonds is 4. The van der Waals surface area contributed by atoms with E-state index in [1.807, 2.05) is 21.0 Å². The molecule has 0 aliphatic carbocycles. The Morgan fingerprint density at radius 3 is 2.45 bits per heavy atom. The fourth-order valence-electron chi connectivity index (χ4n) is 2.52. The molecule has 2 heterocycles. The molecule has 0 bridgehead atoms. The average molecular weight is 301 g/mol. The van der Waals surface area contributed by atoms with E-state index in [1.165, 1.54) is 10.5 Å². The first kappa shape index (κ1) is 15.3. The Morgan fingerprint density at radius 2 is 2.00 bits per heavy atom. The summed E-state index contributed by atoms with van der Waals surface area (Å²) in [7, 11) is 0.527. The van der Waals surface area contributed by atoms with Crippen molar-refractivity contribution in [2.75, 3.05) is 32.9 Å². The number of sulfonamides is 1. The van der Waals surface area contributed by atoms with Crippen molar-refractivity contribution in [1.29, 1.82) is 0 Å². The number of hydrogen-bond donors (Lipinski definition) is 1. The van der Waals surface area contributed by atoms with E-state index < -0.39 is 10.0 Å². The van der Waals surface area contributed by atoms with Crippen molar-refractivity contribution in [3.05, 3.63) is 6.20 Å². The van der Waals surface area contributed by atoms with Gasteiger partial charge < -0.3 is 10.6 Å². The van der Waals surface area contributed by atoms with Crippen LogP contribution in [0, 0.1) is 0 Å². The van der Waals surface area contributed by atoms with Gasteiger partial charge in [0.2, 0.25) is 10.0 Å². The van der Waals surface area contributed by atoms with Gasteiger partial charge in [-0.05, 0) is 33.9 Å². The van der Waals surface area contributed by atoms with Gasteiger partial charge in [-0.2, -0.15) is 9.40 Å². The zero-order valence-electron chi connectivity index (χ0n) is 12.3. The van der Waals surface area contributed by atoms with E-state index in [0.29, 0.717) is 25.7 Å². The lowest BCUT2D eigenvalue weighted by atomic mass is 10.1. The van der Waals surface area contributed by atoms with Gasteiger partial charge in [-0.15, -0.1) is 0 Å². The zero-order valence-corrected chi connectivity index (χ0v) is 13.1. The highest BCUT2D eigenvalue weighted by atomic mass is 32.2. The van der Waals surface area contributed by atoms with Gasteiger partial charge in [0.1, 0.15) is 4.90 Å². The molecule has 2 N–H and O–H groups in total. The van der Waals surface area contributed by atoms with E-state index in [0.717, 1.165) is 12.8 Å². The molecule has 0 amide bonds. The molecule has 0 aromatic carbocycles. The molecule has 7 nitrogen and oxygen atoms in total. The summed E-state index contributed by atoms with van der Waals surface area (Å²) in [5, 5.41) is 4.01. The van der Waals surface area contributed by atoms with Crippen LogP contribution in [0.1, 0.15) is 19.8 Å². The summed E-state index contributed by atoms with van der Waals surface area (Å²) >= 11 is 0. The normalized spacial score (nSPS) is 18.8. The Labute approximate surface area is 120 Å². The number of nitrogens with two attached hydrogens (primary N) is 1. The maximum atomic E-state index is 12.6. The summed E-state index contributed by atoms with van der Waals surface area (Å²) in [6.45, 7) is 3.55. The van der Waals surface area contributed by atoms with Gasteiger partial charge >= 0.3 is 0 Å². The van der Waals surface area contributed by atoms with Crippen molar-refractivity contribution in [2.24, 2.45) is 0 Å². The van der Waals surface area contributed by atoms with E-state index in [-0.39, 0.29) is 10.7 Å². The minimum atomic E-state index is -3.52. The molecule has 0 radical (unpaired) electrons. The first-order chi connectivity index (χ1) is 9.36. The number of hydrogen-bond acceptors (Lipinski definition) is 5. The van der Waals surface area contributed by atoms with Crippen molar-refractivity contribution in [1.82, 2.24) is 19.0 Å². The minimum absolute atomic E-state index is 0.0848. The maximum absolute atomic E-state index is 12.6. The second-order valence-electron chi connectivity index (χ2n) is 5.33. The van der Waals surface area contributed by atoms with Gasteiger partial charge in [0.05, 0.1) is 0 Å². The molecule has 20 heavy (non-hydrogen) atoms. The van der Waals surface area contributed by atoms with Gasteiger partial charge in [0, 0.05) is 31.9 Å². The maximum Gasteiger partial charge on any atom is 0.248 e. The fourth-order valence-corrected chi connectivity index (χ4v) is 4.05. The Bertz CT molecular complexity index is 558. The Morgan fingerprint density at radius 1 is 1.40 bits per heavy atom. The highest BCUT2D eigenvalue weighted by Gasteiger charge is 2.32. The second-order valence-corrected chi connectivity index (χ2v) is 7.24. The first-order valence-electron chi connectivity index (χ1n) is 6.85. The Kier molecular flexibility index (Phi) is 4.36. The predicted octanol–water partition coefficient (Wildman–Crippen LogP) is 0.200. The molecule has 2 rings (SSSR count). The van der Waals surface area contributed by atoms with Gasteiger partial charge in [-0.25, -0.2) is 8.42 Å². The number of nitrogens with zero attached hydrogens (tertiary/aromatic N) is 4. The number of nitrogen functional groups attached to an aromatic ring is 1. The Balaban J connectivity index is 2.17. The molecule has 0 atom stereocenters. The van der Waals surface area contributed by atoms with E-state index in [2.05, 4.69) is 10.00 Å². The van der Waals surface area contributed by atoms with Crippen LogP contribution in [0.4, 0.5) is 5.82 Å².